The summed E-state index contributed by atoms with van der Waals surface area (Å²) >= 11 is 0. The van der Waals surface area contributed by atoms with Gasteiger partial charge < -0.3 is 9.32 Å². The highest BCUT2D eigenvalue weighted by Gasteiger charge is 2.49. The van der Waals surface area contributed by atoms with Gasteiger partial charge in [-0.15, -0.1) is 14.5 Å². The number of hydroxylamine groups is 2. The first-order valence-corrected chi connectivity index (χ1v) is 9.76. The molecule has 3 heterocycles. The molecule has 138 valence electrons. The molecular formula is C14H20N4O6S. The average molecular weight is 372 g/mol. The molecule has 1 aromatic rings. The molecule has 11 heteroatoms. The van der Waals surface area contributed by atoms with Crippen LogP contribution in [0, 0.1) is 11.8 Å². The number of carbonyl (C=O) groups is 1. The van der Waals surface area contributed by atoms with Gasteiger partial charge in [-0.3, -0.25) is 4.55 Å². The summed E-state index contributed by atoms with van der Waals surface area (Å²) < 4.78 is 40.8. The molecule has 0 spiro atoms. The van der Waals surface area contributed by atoms with Crippen LogP contribution in [0.2, 0.25) is 0 Å². The minimum absolute atomic E-state index is 0.289. The molecule has 2 amide bonds. The third-order valence-corrected chi connectivity index (χ3v) is 5.55. The second-order valence-electron chi connectivity index (χ2n) is 7.19. The molecule has 2 aliphatic heterocycles. The highest BCUT2D eigenvalue weighted by atomic mass is 32.3. The molecular weight excluding hydrogens is 352 g/mol. The summed E-state index contributed by atoms with van der Waals surface area (Å²) in [7, 11) is -4.74. The largest absolute Gasteiger partial charge is 0.423 e. The molecule has 0 radical (unpaired) electrons. The third-order valence-electron chi connectivity index (χ3n) is 5.20. The van der Waals surface area contributed by atoms with Crippen molar-refractivity contribution in [2.45, 2.75) is 51.1 Å². The second kappa shape index (κ2) is 5.92. The van der Waals surface area contributed by atoms with Crippen LogP contribution in [0.1, 0.15) is 50.4 Å². The van der Waals surface area contributed by atoms with Gasteiger partial charge in [-0.2, -0.15) is 13.5 Å². The van der Waals surface area contributed by atoms with E-state index in [0.717, 1.165) is 25.2 Å². The Balaban J connectivity index is 1.46. The first kappa shape index (κ1) is 16.7. The number of fused-ring (bicyclic) bond motifs is 2. The minimum Gasteiger partial charge on any atom is -0.423 e. The molecule has 0 aromatic carbocycles. The topological polar surface area (TPSA) is 126 Å². The molecule has 1 saturated carbocycles. The Morgan fingerprint density at radius 1 is 1.32 bits per heavy atom. The summed E-state index contributed by atoms with van der Waals surface area (Å²) in [6.07, 6.45) is 4.15. The number of piperidine rings is 1. The number of carbonyl (C=O) groups excluding carboxylic acids is 1. The highest BCUT2D eigenvalue weighted by Crippen LogP contribution is 2.39. The lowest BCUT2D eigenvalue weighted by Gasteiger charge is -2.31. The van der Waals surface area contributed by atoms with Crippen LogP contribution < -0.4 is 0 Å². The lowest BCUT2D eigenvalue weighted by atomic mass is 9.74. The maximum Gasteiger partial charge on any atom is 0.418 e. The van der Waals surface area contributed by atoms with Crippen LogP contribution in [0.5, 0.6) is 0 Å². The minimum atomic E-state index is -4.74. The molecule has 1 N–H and O–H groups in total. The molecule has 0 unspecified atom stereocenters. The smallest absolute Gasteiger partial charge is 0.418 e. The van der Waals surface area contributed by atoms with E-state index in [-0.39, 0.29) is 6.54 Å². The lowest BCUT2D eigenvalue weighted by Crippen LogP contribution is -2.35. The summed E-state index contributed by atoms with van der Waals surface area (Å²) in [6.45, 7) is 2.50. The van der Waals surface area contributed by atoms with Crippen LogP contribution in [0.15, 0.2) is 4.42 Å². The summed E-state index contributed by atoms with van der Waals surface area (Å²) in [5, 5.41) is 8.88. The molecule has 25 heavy (non-hydrogen) atoms. The molecule has 1 aromatic heterocycles. The van der Waals surface area contributed by atoms with Crippen molar-refractivity contribution >= 4 is 16.4 Å². The summed E-state index contributed by atoms with van der Waals surface area (Å²) in [5.74, 6) is 2.26. The number of amides is 2. The van der Waals surface area contributed by atoms with Gasteiger partial charge in [0.1, 0.15) is 6.04 Å². The van der Waals surface area contributed by atoms with E-state index in [1.165, 1.54) is 4.90 Å². The van der Waals surface area contributed by atoms with E-state index in [1.54, 1.807) is 0 Å². The van der Waals surface area contributed by atoms with Crippen molar-refractivity contribution in [1.29, 1.82) is 0 Å². The quantitative estimate of drug-likeness (QED) is 0.767. The van der Waals surface area contributed by atoms with Crippen LogP contribution in [0.4, 0.5) is 4.79 Å². The maximum absolute atomic E-state index is 12.4. The van der Waals surface area contributed by atoms with Gasteiger partial charge in [0.15, 0.2) is 0 Å². The summed E-state index contributed by atoms with van der Waals surface area (Å²) in [5.41, 5.74) is 0. The summed E-state index contributed by atoms with van der Waals surface area (Å²) in [4.78, 5) is 13.8. The van der Waals surface area contributed by atoms with Gasteiger partial charge in [-0.25, -0.2) is 4.79 Å². The van der Waals surface area contributed by atoms with Gasteiger partial charge in [-0.1, -0.05) is 6.92 Å². The van der Waals surface area contributed by atoms with E-state index in [2.05, 4.69) is 21.4 Å². The number of rotatable bonds is 5. The van der Waals surface area contributed by atoms with Gasteiger partial charge in [0.05, 0.1) is 6.04 Å². The second-order valence-corrected chi connectivity index (χ2v) is 8.20. The zero-order valence-corrected chi connectivity index (χ0v) is 14.6. The Labute approximate surface area is 145 Å². The van der Waals surface area contributed by atoms with Crippen molar-refractivity contribution in [3.8, 4) is 0 Å². The molecule has 10 nitrogen and oxygen atoms in total. The normalized spacial score (nSPS) is 32.2. The number of nitrogens with zero attached hydrogens (tertiary/aromatic N) is 4. The van der Waals surface area contributed by atoms with Crippen molar-refractivity contribution in [2.75, 3.05) is 6.54 Å². The fourth-order valence-electron chi connectivity index (χ4n) is 4.05. The van der Waals surface area contributed by atoms with E-state index in [0.29, 0.717) is 35.6 Å². The van der Waals surface area contributed by atoms with Crippen LogP contribution in [-0.2, 0) is 21.1 Å². The van der Waals surface area contributed by atoms with E-state index in [4.69, 9.17) is 8.97 Å². The van der Waals surface area contributed by atoms with Crippen molar-refractivity contribution < 1.29 is 26.5 Å². The SMILES string of the molecule is CC1CC(Cc2nnc([C@@H]3CC[C@@H]4CN3C(=O)N4OS(=O)(=O)O)o2)C1. The number of hydrogen-bond acceptors (Lipinski definition) is 7. The Bertz CT molecular complexity index is 774. The van der Waals surface area contributed by atoms with Crippen molar-refractivity contribution in [2.24, 2.45) is 11.8 Å². The lowest BCUT2D eigenvalue weighted by molar-refractivity contribution is -0.0317. The van der Waals surface area contributed by atoms with Crippen LogP contribution in [-0.4, -0.2) is 51.7 Å². The van der Waals surface area contributed by atoms with Gasteiger partial charge in [0, 0.05) is 13.0 Å². The molecule has 3 fully saturated rings. The van der Waals surface area contributed by atoms with Gasteiger partial charge in [0.2, 0.25) is 11.8 Å². The predicted octanol–water partition coefficient (Wildman–Crippen LogP) is 1.33. The molecule has 2 saturated heterocycles. The van der Waals surface area contributed by atoms with E-state index >= 15 is 0 Å². The highest BCUT2D eigenvalue weighted by molar-refractivity contribution is 7.80. The van der Waals surface area contributed by atoms with Crippen LogP contribution in [0.3, 0.4) is 0 Å². The van der Waals surface area contributed by atoms with Crippen molar-refractivity contribution in [3.05, 3.63) is 11.8 Å². The van der Waals surface area contributed by atoms with Gasteiger partial charge >= 0.3 is 16.4 Å². The summed E-state index contributed by atoms with van der Waals surface area (Å²) in [6, 6.07) is -1.46. The van der Waals surface area contributed by atoms with E-state index in [9.17, 15) is 13.2 Å². The average Bonchev–Trinajstić information content (AvgIpc) is 3.05. The Kier molecular flexibility index (Phi) is 3.96. The molecule has 3 aliphatic rings. The molecule has 2 atom stereocenters. The predicted molar refractivity (Wildman–Crippen MR) is 82.2 cm³/mol. The first-order chi connectivity index (χ1) is 11.8. The Morgan fingerprint density at radius 2 is 2.08 bits per heavy atom. The fraction of sp³-hybridized carbons (Fsp3) is 0.786. The standard InChI is InChI=1S/C14H20N4O6S/c1-8-4-9(5-8)6-12-15-16-13(23-12)11-3-2-10-7-17(11)14(19)18(10)24-25(20,21)22/h8-11H,2-7H2,1H3,(H,20,21,22)/t8?,9?,10-,11+/m1/s1. The molecule has 1 aliphatic carbocycles. The van der Waals surface area contributed by atoms with Gasteiger partial charge in [-0.05, 0) is 37.5 Å². The Morgan fingerprint density at radius 3 is 2.76 bits per heavy atom. The monoisotopic (exact) mass is 372 g/mol. The molecule has 2 bridgehead atoms. The van der Waals surface area contributed by atoms with Crippen molar-refractivity contribution in [1.82, 2.24) is 20.2 Å². The zero-order chi connectivity index (χ0) is 17.8. The number of hydrogen-bond donors (Lipinski definition) is 1. The van der Waals surface area contributed by atoms with E-state index in [1.807, 2.05) is 0 Å². The fourth-order valence-corrected chi connectivity index (χ4v) is 4.44. The number of aromatic nitrogens is 2. The molecule has 4 rings (SSSR count). The zero-order valence-electron chi connectivity index (χ0n) is 13.7. The van der Waals surface area contributed by atoms with Crippen LogP contribution in [0.25, 0.3) is 0 Å². The van der Waals surface area contributed by atoms with E-state index < -0.39 is 28.5 Å². The first-order valence-electron chi connectivity index (χ1n) is 8.39. The Hall–Kier alpha value is -1.72. The van der Waals surface area contributed by atoms with Crippen LogP contribution >= 0.6 is 0 Å². The van der Waals surface area contributed by atoms with Gasteiger partial charge in [0.25, 0.3) is 0 Å². The number of urea groups is 1. The third kappa shape index (κ3) is 3.23. The maximum atomic E-state index is 12.4. The van der Waals surface area contributed by atoms with Crippen molar-refractivity contribution in [3.63, 3.8) is 0 Å².